The van der Waals surface area contributed by atoms with E-state index in [1.165, 1.54) is 0 Å². The first-order chi connectivity index (χ1) is 7.92. The lowest BCUT2D eigenvalue weighted by atomic mass is 10.2. The summed E-state index contributed by atoms with van der Waals surface area (Å²) in [5, 5.41) is 12.1. The van der Waals surface area contributed by atoms with Gasteiger partial charge in [-0.3, -0.25) is 4.79 Å². The summed E-state index contributed by atoms with van der Waals surface area (Å²) in [6.45, 7) is 6.50. The molecule has 0 aliphatic rings. The van der Waals surface area contributed by atoms with Gasteiger partial charge < -0.3 is 10.4 Å². The molecule has 1 rings (SSSR count). The van der Waals surface area contributed by atoms with E-state index in [2.05, 4.69) is 31.1 Å². The van der Waals surface area contributed by atoms with Gasteiger partial charge in [0.25, 0.3) is 5.91 Å². The summed E-state index contributed by atoms with van der Waals surface area (Å²) in [5.41, 5.74) is 0.570. The summed E-state index contributed by atoms with van der Waals surface area (Å²) in [5.74, 6) is -0.183. The Morgan fingerprint density at radius 1 is 1.53 bits per heavy atom. The van der Waals surface area contributed by atoms with Crippen LogP contribution >= 0.6 is 11.8 Å². The minimum absolute atomic E-state index is 0.0551. The van der Waals surface area contributed by atoms with Crippen LogP contribution in [0, 0.1) is 0 Å². The molecule has 2 N–H and O–H groups in total. The highest BCUT2D eigenvalue weighted by Crippen LogP contribution is 2.30. The predicted octanol–water partition coefficient (Wildman–Crippen LogP) is 1.69. The molecule has 94 valence electrons. The van der Waals surface area contributed by atoms with Crippen molar-refractivity contribution >= 4 is 17.7 Å². The zero-order valence-corrected chi connectivity index (χ0v) is 11.2. The first kappa shape index (κ1) is 14.0. The summed E-state index contributed by atoms with van der Waals surface area (Å²) in [6, 6.07) is 3.43. The van der Waals surface area contributed by atoms with Crippen molar-refractivity contribution < 1.29 is 9.90 Å². The molecule has 5 heteroatoms. The van der Waals surface area contributed by atoms with Crippen molar-refractivity contribution in [3.63, 3.8) is 0 Å². The lowest BCUT2D eigenvalue weighted by molar-refractivity contribution is 0.0944. The molecule has 0 fully saturated rings. The van der Waals surface area contributed by atoms with Gasteiger partial charge in [0.05, 0.1) is 11.6 Å². The van der Waals surface area contributed by atoms with Crippen LogP contribution in [0.1, 0.15) is 31.1 Å². The van der Waals surface area contributed by atoms with Gasteiger partial charge in [0, 0.05) is 23.1 Å². The number of carbonyl (C=O) groups excluding carboxylic acids is 1. The Hall–Kier alpha value is -1.07. The van der Waals surface area contributed by atoms with E-state index in [-0.39, 0.29) is 23.8 Å². The van der Waals surface area contributed by atoms with E-state index in [4.69, 9.17) is 5.11 Å². The van der Waals surface area contributed by atoms with E-state index in [0.29, 0.717) is 5.56 Å². The monoisotopic (exact) mass is 254 g/mol. The second-order valence-electron chi connectivity index (χ2n) is 4.58. The summed E-state index contributed by atoms with van der Waals surface area (Å²) < 4.78 is 0.0627. The van der Waals surface area contributed by atoms with Crippen molar-refractivity contribution in [1.82, 2.24) is 10.3 Å². The summed E-state index contributed by atoms with van der Waals surface area (Å²) in [4.78, 5) is 15.9. The Kier molecular flexibility index (Phi) is 4.96. The lowest BCUT2D eigenvalue weighted by Gasteiger charge is -2.16. The molecule has 17 heavy (non-hydrogen) atoms. The zero-order valence-electron chi connectivity index (χ0n) is 10.4. The van der Waals surface area contributed by atoms with Crippen molar-refractivity contribution in [2.24, 2.45) is 0 Å². The first-order valence-electron chi connectivity index (χ1n) is 5.46. The number of thioether (sulfide) groups is 1. The lowest BCUT2D eigenvalue weighted by Crippen LogP contribution is -2.26. The molecule has 4 nitrogen and oxygen atoms in total. The van der Waals surface area contributed by atoms with Gasteiger partial charge in [-0.25, -0.2) is 4.98 Å². The number of hydrogen-bond donors (Lipinski definition) is 2. The number of aliphatic hydroxyl groups is 1. The molecule has 1 aromatic rings. The fraction of sp³-hybridized carbons (Fsp3) is 0.500. The predicted molar refractivity (Wildman–Crippen MR) is 69.3 cm³/mol. The molecule has 1 heterocycles. The zero-order chi connectivity index (χ0) is 12.9. The van der Waals surface area contributed by atoms with Crippen molar-refractivity contribution in [3.8, 4) is 0 Å². The fourth-order valence-corrected chi connectivity index (χ4v) is 2.12. The molecule has 1 aromatic heterocycles. The minimum Gasteiger partial charge on any atom is -0.395 e. The highest BCUT2D eigenvalue weighted by Gasteiger charge is 2.14. The summed E-state index contributed by atoms with van der Waals surface area (Å²) >= 11 is 1.62. The number of rotatable bonds is 4. The number of aliphatic hydroxyl groups excluding tert-OH is 1. The number of hydrogen-bond acceptors (Lipinski definition) is 4. The summed E-state index contributed by atoms with van der Waals surface area (Å²) in [6.07, 6.45) is 1.63. The van der Waals surface area contributed by atoms with Crippen LogP contribution in [0.5, 0.6) is 0 Å². The van der Waals surface area contributed by atoms with Gasteiger partial charge in [0.15, 0.2) is 0 Å². The Morgan fingerprint density at radius 2 is 2.24 bits per heavy atom. The number of pyridine rings is 1. The van der Waals surface area contributed by atoms with E-state index < -0.39 is 0 Å². The largest absolute Gasteiger partial charge is 0.395 e. The number of carbonyl (C=O) groups is 1. The minimum atomic E-state index is -0.183. The smallest absolute Gasteiger partial charge is 0.251 e. The van der Waals surface area contributed by atoms with Gasteiger partial charge in [0.2, 0.25) is 0 Å². The fourth-order valence-electron chi connectivity index (χ4n) is 1.19. The molecule has 0 aromatic carbocycles. The van der Waals surface area contributed by atoms with E-state index >= 15 is 0 Å². The quantitative estimate of drug-likeness (QED) is 0.803. The van der Waals surface area contributed by atoms with Crippen LogP contribution in [0.15, 0.2) is 23.4 Å². The van der Waals surface area contributed by atoms with E-state index in [9.17, 15) is 4.79 Å². The maximum absolute atomic E-state index is 11.7. The Morgan fingerprint density at radius 3 is 2.82 bits per heavy atom. The molecule has 0 bridgehead atoms. The third kappa shape index (κ3) is 5.19. The highest BCUT2D eigenvalue weighted by atomic mass is 32.2. The molecule has 0 atom stereocenters. The molecular formula is C12H18N2O2S. The Labute approximate surface area is 106 Å². The van der Waals surface area contributed by atoms with Crippen LogP contribution < -0.4 is 5.32 Å². The molecule has 0 aliphatic carbocycles. The molecule has 0 spiro atoms. The average Bonchev–Trinajstić information content (AvgIpc) is 2.24. The van der Waals surface area contributed by atoms with Crippen molar-refractivity contribution in [2.45, 2.75) is 30.5 Å². The average molecular weight is 254 g/mol. The van der Waals surface area contributed by atoms with Crippen molar-refractivity contribution in [1.29, 1.82) is 0 Å². The third-order valence-electron chi connectivity index (χ3n) is 1.81. The van der Waals surface area contributed by atoms with Crippen LogP contribution in [-0.2, 0) is 0 Å². The molecular weight excluding hydrogens is 236 g/mol. The second-order valence-corrected chi connectivity index (χ2v) is 6.42. The van der Waals surface area contributed by atoms with Crippen molar-refractivity contribution in [3.05, 3.63) is 23.9 Å². The SMILES string of the molecule is CC(C)(C)Sc1cc(C(=O)NCCO)ccn1. The first-order valence-corrected chi connectivity index (χ1v) is 6.28. The second kappa shape index (κ2) is 6.02. The van der Waals surface area contributed by atoms with Gasteiger partial charge in [0.1, 0.15) is 0 Å². The van der Waals surface area contributed by atoms with Crippen LogP contribution in [0.25, 0.3) is 0 Å². The molecule has 1 amide bonds. The number of aromatic nitrogens is 1. The molecule has 0 aliphatic heterocycles. The highest BCUT2D eigenvalue weighted by molar-refractivity contribution is 8.00. The third-order valence-corrected chi connectivity index (χ3v) is 2.85. The van der Waals surface area contributed by atoms with Gasteiger partial charge in [-0.15, -0.1) is 11.8 Å². The van der Waals surface area contributed by atoms with Crippen LogP contribution in [0.3, 0.4) is 0 Å². The molecule has 0 radical (unpaired) electrons. The topological polar surface area (TPSA) is 62.2 Å². The van der Waals surface area contributed by atoms with Crippen LogP contribution in [-0.4, -0.2) is 33.9 Å². The molecule has 0 unspecified atom stereocenters. The van der Waals surface area contributed by atoms with Gasteiger partial charge in [-0.2, -0.15) is 0 Å². The molecule has 0 saturated carbocycles. The summed E-state index contributed by atoms with van der Waals surface area (Å²) in [7, 11) is 0. The maximum atomic E-state index is 11.7. The Bertz CT molecular complexity index is 388. The van der Waals surface area contributed by atoms with Crippen molar-refractivity contribution in [2.75, 3.05) is 13.2 Å². The maximum Gasteiger partial charge on any atom is 0.251 e. The Balaban J connectivity index is 2.75. The molecule has 0 saturated heterocycles. The number of amides is 1. The number of nitrogens with zero attached hydrogens (tertiary/aromatic N) is 1. The van der Waals surface area contributed by atoms with Gasteiger partial charge in [-0.1, -0.05) is 20.8 Å². The van der Waals surface area contributed by atoms with Crippen LogP contribution in [0.2, 0.25) is 0 Å². The number of nitrogens with one attached hydrogen (secondary N) is 1. The van der Waals surface area contributed by atoms with Crippen LogP contribution in [0.4, 0.5) is 0 Å². The van der Waals surface area contributed by atoms with Gasteiger partial charge >= 0.3 is 0 Å². The van der Waals surface area contributed by atoms with Gasteiger partial charge in [-0.05, 0) is 12.1 Å². The van der Waals surface area contributed by atoms with E-state index in [1.807, 2.05) is 0 Å². The normalized spacial score (nSPS) is 11.3. The van der Waals surface area contributed by atoms with E-state index in [0.717, 1.165) is 5.03 Å². The van der Waals surface area contributed by atoms with E-state index in [1.54, 1.807) is 30.1 Å². The standard InChI is InChI=1S/C12H18N2O2S/c1-12(2,3)17-10-8-9(4-5-13-10)11(16)14-6-7-15/h4-5,8,15H,6-7H2,1-3H3,(H,14,16).